The van der Waals surface area contributed by atoms with Gasteiger partial charge in [-0.1, -0.05) is 40.5 Å². The van der Waals surface area contributed by atoms with Crippen molar-refractivity contribution in [2.45, 2.75) is 53.4 Å². The van der Waals surface area contributed by atoms with Gasteiger partial charge in [0.2, 0.25) is 0 Å². The zero-order valence-electron chi connectivity index (χ0n) is 10.8. The van der Waals surface area contributed by atoms with Crippen LogP contribution in [0.2, 0.25) is 0 Å². The molecule has 0 unspecified atom stereocenters. The Morgan fingerprint density at radius 3 is 1.36 bits per heavy atom. The molecule has 0 aromatic rings. The number of hydrogen-bond donors (Lipinski definition) is 0. The summed E-state index contributed by atoms with van der Waals surface area (Å²) in [6.45, 7) is 11.2. The van der Waals surface area contributed by atoms with Crippen LogP contribution >= 0.6 is 0 Å². The zero-order chi connectivity index (χ0) is 11.0. The van der Waals surface area contributed by atoms with Gasteiger partial charge >= 0.3 is 0 Å². The monoisotopic (exact) mass is 199 g/mol. The van der Waals surface area contributed by atoms with Crippen LogP contribution in [0.15, 0.2) is 0 Å². The van der Waals surface area contributed by atoms with Gasteiger partial charge in [-0.15, -0.1) is 0 Å². The first-order valence-electron chi connectivity index (χ1n) is 6.37. The fourth-order valence-corrected chi connectivity index (χ4v) is 1.30. The van der Waals surface area contributed by atoms with E-state index in [4.69, 9.17) is 0 Å². The number of piperidine rings is 1. The second-order valence-electron chi connectivity index (χ2n) is 4.67. The van der Waals surface area contributed by atoms with Crippen molar-refractivity contribution in [3.8, 4) is 0 Å². The fraction of sp³-hybridized carbons (Fsp3) is 1.00. The number of rotatable bonds is 0. The van der Waals surface area contributed by atoms with Crippen LogP contribution in [0.25, 0.3) is 0 Å². The molecule has 1 heteroatoms. The summed E-state index contributed by atoms with van der Waals surface area (Å²) >= 11 is 0. The van der Waals surface area contributed by atoms with Crippen LogP contribution < -0.4 is 0 Å². The Bertz CT molecular complexity index is 100. The largest absolute Gasteiger partial charge is 0.306 e. The van der Waals surface area contributed by atoms with E-state index in [1.807, 2.05) is 13.8 Å². The van der Waals surface area contributed by atoms with E-state index in [1.165, 1.54) is 38.8 Å². The number of nitrogens with zero attached hydrogens (tertiary/aromatic N) is 1. The lowest BCUT2D eigenvalue weighted by molar-refractivity contribution is 0.230. The Morgan fingerprint density at radius 2 is 1.14 bits per heavy atom. The summed E-state index contributed by atoms with van der Waals surface area (Å²) in [5.41, 5.74) is 0. The predicted molar refractivity (Wildman–Crippen MR) is 65.6 cm³/mol. The highest BCUT2D eigenvalue weighted by Crippen LogP contribution is 2.26. The third-order valence-electron chi connectivity index (χ3n) is 2.87. The topological polar surface area (TPSA) is 3.24 Å². The molecule has 0 atom stereocenters. The molecule has 1 aliphatic heterocycles. The molecule has 1 saturated carbocycles. The first-order chi connectivity index (χ1) is 6.68. The maximum absolute atomic E-state index is 2.40. The fourth-order valence-electron chi connectivity index (χ4n) is 1.30. The Balaban J connectivity index is 0.000000236. The standard InChI is InChI=1S/C7H15N.C4H8.C2H6/c1-7-3-5-8(2)6-4-7;1-4-2-3-4;1-2/h7H,3-6H2,1-2H3;4H,2-3H2,1H3;1-2H3. The lowest BCUT2D eigenvalue weighted by Gasteiger charge is -2.26. The smallest absolute Gasteiger partial charge is 0.00192 e. The van der Waals surface area contributed by atoms with Crippen molar-refractivity contribution in [3.05, 3.63) is 0 Å². The van der Waals surface area contributed by atoms with Crippen molar-refractivity contribution in [1.82, 2.24) is 4.90 Å². The summed E-state index contributed by atoms with van der Waals surface area (Å²) in [7, 11) is 2.20. The number of likely N-dealkylation sites (tertiary alicyclic amines) is 1. The average Bonchev–Trinajstić information content (AvgIpc) is 2.98. The third kappa shape index (κ3) is 8.55. The Kier molecular flexibility index (Phi) is 8.26. The summed E-state index contributed by atoms with van der Waals surface area (Å²) in [5.74, 6) is 2.06. The summed E-state index contributed by atoms with van der Waals surface area (Å²) in [6, 6.07) is 0. The quantitative estimate of drug-likeness (QED) is 0.574. The van der Waals surface area contributed by atoms with Crippen LogP contribution in [0, 0.1) is 11.8 Å². The Morgan fingerprint density at radius 1 is 0.786 bits per heavy atom. The normalized spacial score (nSPS) is 22.9. The minimum absolute atomic E-state index is 0.978. The molecule has 0 spiro atoms. The van der Waals surface area contributed by atoms with Crippen LogP contribution in [0.1, 0.15) is 53.4 Å². The van der Waals surface area contributed by atoms with Crippen LogP contribution in [0.5, 0.6) is 0 Å². The average molecular weight is 199 g/mol. The molecule has 2 aliphatic rings. The highest BCUT2D eigenvalue weighted by Gasteiger charge is 2.12. The molecule has 14 heavy (non-hydrogen) atoms. The molecule has 86 valence electrons. The molecule has 2 fully saturated rings. The van der Waals surface area contributed by atoms with Gasteiger partial charge < -0.3 is 4.90 Å². The van der Waals surface area contributed by atoms with Crippen LogP contribution in [-0.2, 0) is 0 Å². The predicted octanol–water partition coefficient (Wildman–Crippen LogP) is 3.79. The molecule has 1 aliphatic carbocycles. The van der Waals surface area contributed by atoms with Crippen molar-refractivity contribution in [2.24, 2.45) is 11.8 Å². The highest BCUT2D eigenvalue weighted by molar-refractivity contribution is 4.65. The summed E-state index contributed by atoms with van der Waals surface area (Å²) in [4.78, 5) is 2.40. The van der Waals surface area contributed by atoms with Gasteiger partial charge in [0.15, 0.2) is 0 Å². The molecule has 0 amide bonds. The van der Waals surface area contributed by atoms with E-state index in [1.54, 1.807) is 0 Å². The molecule has 0 N–H and O–H groups in total. The number of hydrogen-bond acceptors (Lipinski definition) is 1. The van der Waals surface area contributed by atoms with E-state index in [0.717, 1.165) is 11.8 Å². The molecule has 2 rings (SSSR count). The molecule has 1 saturated heterocycles. The summed E-state index contributed by atoms with van der Waals surface area (Å²) in [6.07, 6.45) is 5.77. The van der Waals surface area contributed by atoms with E-state index in [0.29, 0.717) is 0 Å². The van der Waals surface area contributed by atoms with E-state index in [-0.39, 0.29) is 0 Å². The van der Waals surface area contributed by atoms with E-state index in [9.17, 15) is 0 Å². The van der Waals surface area contributed by atoms with Crippen molar-refractivity contribution in [1.29, 1.82) is 0 Å². The zero-order valence-corrected chi connectivity index (χ0v) is 10.8. The van der Waals surface area contributed by atoms with E-state index >= 15 is 0 Å². The van der Waals surface area contributed by atoms with Crippen molar-refractivity contribution >= 4 is 0 Å². The molecule has 0 bridgehead atoms. The summed E-state index contributed by atoms with van der Waals surface area (Å²) < 4.78 is 0. The molecule has 0 aromatic carbocycles. The van der Waals surface area contributed by atoms with Gasteiger partial charge in [-0.05, 0) is 44.8 Å². The second kappa shape index (κ2) is 8.28. The van der Waals surface area contributed by atoms with Gasteiger partial charge in [-0.3, -0.25) is 0 Å². The van der Waals surface area contributed by atoms with Gasteiger partial charge in [0.05, 0.1) is 0 Å². The lowest BCUT2D eigenvalue weighted by atomic mass is 10.00. The van der Waals surface area contributed by atoms with Crippen molar-refractivity contribution < 1.29 is 0 Å². The van der Waals surface area contributed by atoms with Crippen molar-refractivity contribution in [3.63, 3.8) is 0 Å². The van der Waals surface area contributed by atoms with Crippen LogP contribution in [0.4, 0.5) is 0 Å². The Labute approximate surface area is 90.9 Å². The van der Waals surface area contributed by atoms with Crippen LogP contribution in [0.3, 0.4) is 0 Å². The molecule has 1 heterocycles. The maximum atomic E-state index is 2.40. The maximum Gasteiger partial charge on any atom is -0.00192 e. The molecular weight excluding hydrogens is 170 g/mol. The SMILES string of the molecule is CC.CC1CC1.CC1CCN(C)CC1. The first-order valence-corrected chi connectivity index (χ1v) is 6.37. The molecule has 0 radical (unpaired) electrons. The lowest BCUT2D eigenvalue weighted by Crippen LogP contribution is -2.28. The Hall–Kier alpha value is -0.0400. The minimum Gasteiger partial charge on any atom is -0.306 e. The van der Waals surface area contributed by atoms with Gasteiger partial charge in [0.25, 0.3) is 0 Å². The first kappa shape index (κ1) is 14.0. The second-order valence-corrected chi connectivity index (χ2v) is 4.67. The van der Waals surface area contributed by atoms with E-state index < -0.39 is 0 Å². The van der Waals surface area contributed by atoms with Gasteiger partial charge in [0.1, 0.15) is 0 Å². The third-order valence-corrected chi connectivity index (χ3v) is 2.87. The van der Waals surface area contributed by atoms with E-state index in [2.05, 4.69) is 25.8 Å². The van der Waals surface area contributed by atoms with Crippen molar-refractivity contribution in [2.75, 3.05) is 20.1 Å². The van der Waals surface area contributed by atoms with Gasteiger partial charge in [0, 0.05) is 0 Å². The highest BCUT2D eigenvalue weighted by atomic mass is 15.1. The van der Waals surface area contributed by atoms with Gasteiger partial charge in [-0.25, -0.2) is 0 Å². The van der Waals surface area contributed by atoms with Crippen LogP contribution in [-0.4, -0.2) is 25.0 Å². The summed E-state index contributed by atoms with van der Waals surface area (Å²) in [5, 5.41) is 0. The minimum atomic E-state index is 0.978. The molecule has 0 aromatic heterocycles. The molecule has 1 nitrogen and oxygen atoms in total. The van der Waals surface area contributed by atoms with Gasteiger partial charge in [-0.2, -0.15) is 0 Å². The molecular formula is C13H29N.